The van der Waals surface area contributed by atoms with Gasteiger partial charge in [0.05, 0.1) is 73.0 Å². The molecule has 0 saturated heterocycles. The summed E-state index contributed by atoms with van der Waals surface area (Å²) < 4.78 is 203. The van der Waals surface area contributed by atoms with Gasteiger partial charge in [-0.1, -0.05) is 0 Å². The zero-order chi connectivity index (χ0) is 37.0. The van der Waals surface area contributed by atoms with E-state index in [1.54, 1.807) is 0 Å². The van der Waals surface area contributed by atoms with E-state index in [4.69, 9.17) is 14.2 Å². The molecule has 0 aliphatic rings. The Labute approximate surface area is 269 Å². The summed E-state index contributed by atoms with van der Waals surface area (Å²) in [5, 5.41) is 11.1. The van der Waals surface area contributed by atoms with Gasteiger partial charge in [0.2, 0.25) is 0 Å². The van der Waals surface area contributed by atoms with E-state index in [1.165, 1.54) is 0 Å². The van der Waals surface area contributed by atoms with Crippen molar-refractivity contribution in [3.8, 4) is 0 Å². The van der Waals surface area contributed by atoms with E-state index >= 15 is 0 Å². The van der Waals surface area contributed by atoms with E-state index < -0.39 is 155 Å². The highest BCUT2D eigenvalue weighted by molar-refractivity contribution is 5.31. The minimum absolute atomic E-state index is 0.715. The van der Waals surface area contributed by atoms with Gasteiger partial charge in [-0.05, 0) is 6.92 Å². The number of ether oxygens (including phenoxy) is 6. The first-order valence-corrected chi connectivity index (χ1v) is 13.6. The van der Waals surface area contributed by atoms with Gasteiger partial charge in [0.15, 0.2) is 69.8 Å². The monoisotopic (exact) mass is 726 g/mol. The molecule has 0 spiro atoms. The van der Waals surface area contributed by atoms with Crippen molar-refractivity contribution in [2.24, 2.45) is 0 Å². The molecule has 1 unspecified atom stereocenters. The number of hydrogen-bond acceptors (Lipinski definition) is 7. The lowest BCUT2D eigenvalue weighted by molar-refractivity contribution is -0.408. The molecule has 0 aliphatic heterocycles. The topological polar surface area (TPSA) is 75.6 Å². The Morgan fingerprint density at radius 3 is 0.837 bits per heavy atom. The summed E-state index contributed by atoms with van der Waals surface area (Å²) in [5.74, 6) is -27.5. The van der Waals surface area contributed by atoms with Gasteiger partial charge in [-0.25, -0.2) is 52.7 Å². The third-order valence-corrected chi connectivity index (χ3v) is 7.04. The van der Waals surface area contributed by atoms with Gasteiger partial charge in [0.25, 0.3) is 0 Å². The fourth-order valence-electron chi connectivity index (χ4n) is 4.30. The largest absolute Gasteiger partial charge is 0.380 e. The Morgan fingerprint density at radius 1 is 0.408 bits per heavy atom. The summed E-state index contributed by atoms with van der Waals surface area (Å²) in [6.07, 6.45) is -2.27. The maximum atomic E-state index is 14.7. The van der Waals surface area contributed by atoms with Crippen molar-refractivity contribution in [3.63, 3.8) is 0 Å². The van der Waals surface area contributed by atoms with Gasteiger partial charge >= 0.3 is 5.97 Å². The Bertz CT molecular complexity index is 1520. The van der Waals surface area contributed by atoms with Crippen LogP contribution >= 0.6 is 0 Å². The molecular formula is C30H26F12O7. The molecule has 0 fully saturated rings. The number of rotatable bonds is 16. The number of methoxy groups -OCH3 is 3. The van der Waals surface area contributed by atoms with Crippen molar-refractivity contribution in [1.29, 1.82) is 0 Å². The second-order valence-corrected chi connectivity index (χ2v) is 10.1. The quantitative estimate of drug-likeness (QED) is 0.0992. The molecule has 49 heavy (non-hydrogen) atoms. The van der Waals surface area contributed by atoms with Gasteiger partial charge in [-0.2, -0.15) is 0 Å². The first-order valence-electron chi connectivity index (χ1n) is 13.6. The summed E-state index contributed by atoms with van der Waals surface area (Å²) in [5.41, 5.74) is -8.02. The Morgan fingerprint density at radius 2 is 0.612 bits per heavy atom. The van der Waals surface area contributed by atoms with Gasteiger partial charge in [0.1, 0.15) is 6.10 Å². The van der Waals surface area contributed by atoms with Crippen molar-refractivity contribution in [2.75, 3.05) is 21.3 Å². The highest BCUT2D eigenvalue weighted by atomic mass is 19.2. The van der Waals surface area contributed by atoms with Crippen molar-refractivity contribution < 1.29 is 86.2 Å². The van der Waals surface area contributed by atoms with Crippen LogP contribution in [-0.4, -0.2) is 38.5 Å². The summed E-state index contributed by atoms with van der Waals surface area (Å²) >= 11 is 0. The molecule has 3 rings (SSSR count). The molecule has 3 aromatic carbocycles. The van der Waals surface area contributed by atoms with Crippen molar-refractivity contribution in [2.45, 2.75) is 58.6 Å². The predicted molar refractivity (Wildman–Crippen MR) is 140 cm³/mol. The summed E-state index contributed by atoms with van der Waals surface area (Å²) in [7, 11) is 2.87. The van der Waals surface area contributed by atoms with Gasteiger partial charge in [-0.15, -0.1) is 0 Å². The van der Waals surface area contributed by atoms with Crippen molar-refractivity contribution >= 4 is 0 Å². The first kappa shape index (κ1) is 40.0. The van der Waals surface area contributed by atoms with E-state index in [9.17, 15) is 57.8 Å². The van der Waals surface area contributed by atoms with Crippen LogP contribution in [0.25, 0.3) is 0 Å². The van der Waals surface area contributed by atoms with E-state index in [1.807, 2.05) is 0 Å². The Balaban J connectivity index is 2.03. The third kappa shape index (κ3) is 7.97. The predicted octanol–water partition coefficient (Wildman–Crippen LogP) is 6.78. The van der Waals surface area contributed by atoms with Crippen LogP contribution < -0.4 is 0 Å². The van der Waals surface area contributed by atoms with Crippen LogP contribution in [0.1, 0.15) is 40.3 Å². The zero-order valence-electron chi connectivity index (χ0n) is 25.8. The molecule has 0 amide bonds. The number of aliphatic hydroxyl groups is 1. The molecule has 272 valence electrons. The standard InChI is InChI=1S/C30H26F12O7/c1-11(47-8-15-24(37)18(31)12(5-44-2)19(32)25(15)38)30(43,48-9-16-26(39)20(33)13(6-45-3)21(34)27(16)40)49-10-17-28(41)22(35)14(7-46-4)23(36)29(17)42/h11,43H,5-10H2,1-4H3. The molecule has 3 aromatic rings. The van der Waals surface area contributed by atoms with Crippen LogP contribution in [0.2, 0.25) is 0 Å². The summed E-state index contributed by atoms with van der Waals surface area (Å²) in [6, 6.07) is 0. The second-order valence-electron chi connectivity index (χ2n) is 10.1. The molecule has 0 radical (unpaired) electrons. The molecule has 0 bridgehead atoms. The van der Waals surface area contributed by atoms with Gasteiger partial charge in [-0.3, -0.25) is 0 Å². The average Bonchev–Trinajstić information content (AvgIpc) is 3.07. The first-order chi connectivity index (χ1) is 23.0. The van der Waals surface area contributed by atoms with Crippen LogP contribution in [0.5, 0.6) is 0 Å². The van der Waals surface area contributed by atoms with Crippen LogP contribution in [0, 0.1) is 69.8 Å². The zero-order valence-corrected chi connectivity index (χ0v) is 25.8. The maximum absolute atomic E-state index is 14.7. The molecule has 1 atom stereocenters. The maximum Gasteiger partial charge on any atom is 0.308 e. The third-order valence-electron chi connectivity index (χ3n) is 7.04. The van der Waals surface area contributed by atoms with E-state index in [0.717, 1.165) is 21.3 Å². The number of benzene rings is 3. The minimum atomic E-state index is -3.63. The molecule has 1 N–H and O–H groups in total. The van der Waals surface area contributed by atoms with Crippen LogP contribution in [0.3, 0.4) is 0 Å². The highest BCUT2D eigenvalue weighted by Crippen LogP contribution is 2.32. The molecule has 0 heterocycles. The van der Waals surface area contributed by atoms with Crippen molar-refractivity contribution in [1.82, 2.24) is 0 Å². The van der Waals surface area contributed by atoms with Crippen LogP contribution in [0.15, 0.2) is 0 Å². The molecular weight excluding hydrogens is 700 g/mol. The van der Waals surface area contributed by atoms with Gasteiger partial charge < -0.3 is 33.5 Å². The highest BCUT2D eigenvalue weighted by Gasteiger charge is 2.41. The molecule has 0 aliphatic carbocycles. The molecule has 7 nitrogen and oxygen atoms in total. The number of hydrogen-bond donors (Lipinski definition) is 1. The average molecular weight is 727 g/mol. The lowest BCUT2D eigenvalue weighted by Crippen LogP contribution is -2.47. The van der Waals surface area contributed by atoms with Crippen molar-refractivity contribution in [3.05, 3.63) is 103 Å². The normalized spacial score (nSPS) is 12.7. The SMILES string of the molecule is COCc1c(F)c(F)c(COC(C)C(O)(OCc2c(F)c(F)c(COC)c(F)c2F)OCc2c(F)c(F)c(COC)c(F)c2F)c(F)c1F. The molecule has 0 aromatic heterocycles. The Kier molecular flexibility index (Phi) is 13.5. The minimum Gasteiger partial charge on any atom is -0.380 e. The molecule has 0 saturated carbocycles. The van der Waals surface area contributed by atoms with Crippen LogP contribution in [-0.2, 0) is 68.1 Å². The number of halogens is 12. The fourth-order valence-corrected chi connectivity index (χ4v) is 4.30. The van der Waals surface area contributed by atoms with Crippen LogP contribution in [0.4, 0.5) is 52.7 Å². The van der Waals surface area contributed by atoms with E-state index in [0.29, 0.717) is 6.92 Å². The smallest absolute Gasteiger partial charge is 0.308 e. The summed E-state index contributed by atoms with van der Waals surface area (Å²) in [4.78, 5) is 0. The second kappa shape index (κ2) is 16.5. The van der Waals surface area contributed by atoms with E-state index in [2.05, 4.69) is 14.2 Å². The van der Waals surface area contributed by atoms with E-state index in [-0.39, 0.29) is 0 Å². The lowest BCUT2D eigenvalue weighted by Gasteiger charge is -2.33. The molecule has 19 heteroatoms. The Hall–Kier alpha value is -3.46. The summed E-state index contributed by atoms with van der Waals surface area (Å²) in [6.45, 7) is -6.87. The lowest BCUT2D eigenvalue weighted by atomic mass is 10.1. The van der Waals surface area contributed by atoms with Gasteiger partial charge in [0, 0.05) is 21.3 Å². The fraction of sp³-hybridized carbons (Fsp3) is 0.400.